The molecule has 2 atom stereocenters. The number of halogens is 3. The van der Waals surface area contributed by atoms with Crippen molar-refractivity contribution >= 4 is 11.6 Å². The zero-order valence-electron chi connectivity index (χ0n) is 16.4. The van der Waals surface area contributed by atoms with Crippen LogP contribution in [-0.2, 0) is 22.3 Å². The summed E-state index contributed by atoms with van der Waals surface area (Å²) >= 11 is 0. The second kappa shape index (κ2) is 8.69. The second-order valence-corrected chi connectivity index (χ2v) is 7.84. The molecule has 0 radical (unpaired) electrons. The van der Waals surface area contributed by atoms with Crippen molar-refractivity contribution in [3.05, 3.63) is 29.3 Å². The van der Waals surface area contributed by atoms with E-state index >= 15 is 0 Å². The van der Waals surface area contributed by atoms with Crippen LogP contribution in [0.25, 0.3) is 0 Å². The molecule has 1 aromatic rings. The van der Waals surface area contributed by atoms with Crippen LogP contribution in [0.4, 0.5) is 18.9 Å². The van der Waals surface area contributed by atoms with E-state index < -0.39 is 17.8 Å². The van der Waals surface area contributed by atoms with Crippen LogP contribution in [0.1, 0.15) is 30.9 Å². The van der Waals surface area contributed by atoms with Gasteiger partial charge >= 0.3 is 6.18 Å². The minimum absolute atomic E-state index is 0.0542. The topological polar surface area (TPSA) is 44.8 Å². The summed E-state index contributed by atoms with van der Waals surface area (Å²) in [6.07, 6.45) is -3.38. The van der Waals surface area contributed by atoms with Crippen molar-refractivity contribution in [1.29, 1.82) is 0 Å². The van der Waals surface area contributed by atoms with E-state index in [1.54, 1.807) is 0 Å². The van der Waals surface area contributed by atoms with Gasteiger partial charge in [-0.3, -0.25) is 4.79 Å². The van der Waals surface area contributed by atoms with Crippen LogP contribution in [0.2, 0.25) is 0 Å². The van der Waals surface area contributed by atoms with Gasteiger partial charge in [0.25, 0.3) is 0 Å². The summed E-state index contributed by atoms with van der Waals surface area (Å²) < 4.78 is 45.1. The first kappa shape index (κ1) is 20.9. The number of nitrogens with one attached hydrogen (secondary N) is 1. The molecule has 1 aromatic carbocycles. The molecule has 2 fully saturated rings. The van der Waals surface area contributed by atoms with Crippen LogP contribution >= 0.6 is 0 Å². The summed E-state index contributed by atoms with van der Waals surface area (Å²) in [5, 5.41) is 2.79. The highest BCUT2D eigenvalue weighted by Crippen LogP contribution is 2.33. The predicted molar refractivity (Wildman–Crippen MR) is 101 cm³/mol. The van der Waals surface area contributed by atoms with Crippen LogP contribution in [0, 0.1) is 5.92 Å². The molecule has 2 heterocycles. The van der Waals surface area contributed by atoms with Crippen molar-refractivity contribution in [2.75, 3.05) is 44.7 Å². The predicted octanol–water partition coefficient (Wildman–Crippen LogP) is 2.89. The number of rotatable bonds is 4. The highest BCUT2D eigenvalue weighted by Gasteiger charge is 2.32. The van der Waals surface area contributed by atoms with E-state index in [0.29, 0.717) is 24.5 Å². The van der Waals surface area contributed by atoms with Gasteiger partial charge in [-0.2, -0.15) is 13.2 Å². The SMILES string of the molecule is C[C@H]1CCO[C@H](C(=O)NCc2cc(C(F)(F)F)ccc2N2CCN(C)CC2)C1. The number of hydrogen-bond donors (Lipinski definition) is 1. The summed E-state index contributed by atoms with van der Waals surface area (Å²) in [7, 11) is 2.02. The Labute approximate surface area is 163 Å². The Bertz CT molecular complexity index is 688. The van der Waals surface area contributed by atoms with Gasteiger partial charge in [-0.15, -0.1) is 0 Å². The highest BCUT2D eigenvalue weighted by molar-refractivity contribution is 5.81. The number of ether oxygens (including phenoxy) is 1. The third-order valence-electron chi connectivity index (χ3n) is 5.54. The van der Waals surface area contributed by atoms with E-state index in [1.807, 2.05) is 7.05 Å². The molecule has 1 N–H and O–H groups in total. The maximum Gasteiger partial charge on any atom is 0.416 e. The lowest BCUT2D eigenvalue weighted by atomic mass is 9.97. The summed E-state index contributed by atoms with van der Waals surface area (Å²) in [6.45, 7) is 5.84. The smallest absolute Gasteiger partial charge is 0.369 e. The Morgan fingerprint density at radius 2 is 1.96 bits per heavy atom. The monoisotopic (exact) mass is 399 g/mol. The fourth-order valence-electron chi connectivity index (χ4n) is 3.70. The molecule has 0 unspecified atom stereocenters. The van der Waals surface area contributed by atoms with Gasteiger partial charge in [0.05, 0.1) is 5.56 Å². The Morgan fingerprint density at radius 3 is 2.61 bits per heavy atom. The van der Waals surface area contributed by atoms with Gasteiger partial charge in [0.15, 0.2) is 0 Å². The molecule has 2 saturated heterocycles. The Hall–Kier alpha value is -1.80. The molecule has 28 heavy (non-hydrogen) atoms. The van der Waals surface area contributed by atoms with Crippen molar-refractivity contribution in [3.8, 4) is 0 Å². The molecular weight excluding hydrogens is 371 g/mol. The number of benzene rings is 1. The molecular formula is C20H28F3N3O2. The first-order valence-electron chi connectivity index (χ1n) is 9.77. The average molecular weight is 399 g/mol. The standard InChI is InChI=1S/C20H28F3N3O2/c1-14-5-10-28-18(11-14)19(27)24-13-15-12-16(20(21,22)23)3-4-17(15)26-8-6-25(2)7-9-26/h3-4,12,14,18H,5-11,13H2,1-2H3,(H,24,27)/t14-,18-/m0/s1. The van der Waals surface area contributed by atoms with E-state index in [2.05, 4.69) is 22.0 Å². The number of amides is 1. The molecule has 2 aliphatic heterocycles. The van der Waals surface area contributed by atoms with Gasteiger partial charge in [0.1, 0.15) is 6.10 Å². The second-order valence-electron chi connectivity index (χ2n) is 7.84. The lowest BCUT2D eigenvalue weighted by molar-refractivity contribution is -0.137. The van der Waals surface area contributed by atoms with E-state index in [1.165, 1.54) is 6.07 Å². The van der Waals surface area contributed by atoms with Crippen LogP contribution in [-0.4, -0.2) is 56.7 Å². The van der Waals surface area contributed by atoms with Gasteiger partial charge in [-0.1, -0.05) is 6.92 Å². The summed E-state index contributed by atoms with van der Waals surface area (Å²) in [5.41, 5.74) is 0.535. The number of likely N-dealkylation sites (N-methyl/N-ethyl adjacent to an activating group) is 1. The fraction of sp³-hybridized carbons (Fsp3) is 0.650. The number of carbonyl (C=O) groups is 1. The zero-order chi connectivity index (χ0) is 20.3. The van der Waals surface area contributed by atoms with Crippen LogP contribution < -0.4 is 10.2 Å². The van der Waals surface area contributed by atoms with Gasteiger partial charge in [0.2, 0.25) is 5.91 Å². The molecule has 0 saturated carbocycles. The first-order chi connectivity index (χ1) is 13.2. The number of hydrogen-bond acceptors (Lipinski definition) is 4. The number of piperazine rings is 1. The third-order valence-corrected chi connectivity index (χ3v) is 5.54. The third kappa shape index (κ3) is 5.17. The Balaban J connectivity index is 1.75. The van der Waals surface area contributed by atoms with Crippen molar-refractivity contribution in [2.24, 2.45) is 5.92 Å². The molecule has 3 rings (SSSR count). The number of anilines is 1. The molecule has 2 aliphatic rings. The normalized spacial score (nSPS) is 24.2. The molecule has 156 valence electrons. The fourth-order valence-corrected chi connectivity index (χ4v) is 3.70. The maximum absolute atomic E-state index is 13.2. The molecule has 8 heteroatoms. The Kier molecular flexibility index (Phi) is 6.50. The van der Waals surface area contributed by atoms with Crippen molar-refractivity contribution in [3.63, 3.8) is 0 Å². The van der Waals surface area contributed by atoms with E-state index in [-0.39, 0.29) is 12.5 Å². The molecule has 0 aliphatic carbocycles. The van der Waals surface area contributed by atoms with Crippen molar-refractivity contribution in [2.45, 2.75) is 38.6 Å². The summed E-state index contributed by atoms with van der Waals surface area (Å²) in [6, 6.07) is 3.79. The van der Waals surface area contributed by atoms with Crippen LogP contribution in [0.3, 0.4) is 0 Å². The molecule has 1 amide bonds. The van der Waals surface area contributed by atoms with Gasteiger partial charge in [0, 0.05) is 45.0 Å². The van der Waals surface area contributed by atoms with Crippen LogP contribution in [0.15, 0.2) is 18.2 Å². The molecule has 0 aromatic heterocycles. The molecule has 0 bridgehead atoms. The average Bonchev–Trinajstić information content (AvgIpc) is 2.66. The maximum atomic E-state index is 13.2. The number of alkyl halides is 3. The number of carbonyl (C=O) groups excluding carboxylic acids is 1. The van der Waals surface area contributed by atoms with Crippen LogP contribution in [0.5, 0.6) is 0 Å². The van der Waals surface area contributed by atoms with Gasteiger partial charge < -0.3 is 19.9 Å². The molecule has 5 nitrogen and oxygen atoms in total. The minimum Gasteiger partial charge on any atom is -0.369 e. The molecule has 0 spiro atoms. The zero-order valence-corrected chi connectivity index (χ0v) is 16.4. The quantitative estimate of drug-likeness (QED) is 0.846. The van der Waals surface area contributed by atoms with Gasteiger partial charge in [-0.25, -0.2) is 0 Å². The lowest BCUT2D eigenvalue weighted by Gasteiger charge is -2.35. The first-order valence-corrected chi connectivity index (χ1v) is 9.77. The van der Waals surface area contributed by atoms with E-state index in [9.17, 15) is 18.0 Å². The largest absolute Gasteiger partial charge is 0.416 e. The number of nitrogens with zero attached hydrogens (tertiary/aromatic N) is 2. The van der Waals surface area contributed by atoms with E-state index in [0.717, 1.165) is 50.4 Å². The van der Waals surface area contributed by atoms with Crippen molar-refractivity contribution < 1.29 is 22.7 Å². The van der Waals surface area contributed by atoms with Crippen molar-refractivity contribution in [1.82, 2.24) is 10.2 Å². The van der Waals surface area contributed by atoms with E-state index in [4.69, 9.17) is 4.74 Å². The Morgan fingerprint density at radius 1 is 1.25 bits per heavy atom. The summed E-state index contributed by atoms with van der Waals surface area (Å²) in [4.78, 5) is 16.7. The minimum atomic E-state index is -4.42. The lowest BCUT2D eigenvalue weighted by Crippen LogP contribution is -2.45. The summed E-state index contributed by atoms with van der Waals surface area (Å²) in [5.74, 6) is 0.146. The van der Waals surface area contributed by atoms with Gasteiger partial charge in [-0.05, 0) is 49.6 Å². The highest BCUT2D eigenvalue weighted by atomic mass is 19.4.